The standard InChI is InChI=1S/C18H16N4O3S/c1-23-11-7-8-13-14(9-11)20-18(19-13)26-10-16-21-17(22-25-16)12-5-3-4-6-15(12)24-2/h3-9H,10H2,1-2H3,(H,19,20). The lowest BCUT2D eigenvalue weighted by molar-refractivity contribution is 0.390. The van der Waals surface area contributed by atoms with Crippen LogP contribution in [0.5, 0.6) is 11.5 Å². The second-order valence-corrected chi connectivity index (χ2v) is 6.39. The van der Waals surface area contributed by atoms with Crippen molar-refractivity contribution in [2.75, 3.05) is 14.2 Å². The number of rotatable bonds is 6. The highest BCUT2D eigenvalue weighted by Crippen LogP contribution is 2.29. The number of hydrogen-bond donors (Lipinski definition) is 1. The summed E-state index contributed by atoms with van der Waals surface area (Å²) < 4.78 is 15.9. The number of imidazole rings is 1. The number of aromatic amines is 1. The fourth-order valence-electron chi connectivity index (χ4n) is 2.54. The van der Waals surface area contributed by atoms with Gasteiger partial charge in [-0.15, -0.1) is 0 Å². The molecule has 7 nitrogen and oxygen atoms in total. The summed E-state index contributed by atoms with van der Waals surface area (Å²) in [6.07, 6.45) is 0. The van der Waals surface area contributed by atoms with Crippen molar-refractivity contribution in [1.82, 2.24) is 20.1 Å². The molecule has 0 saturated carbocycles. The molecule has 132 valence electrons. The number of benzene rings is 2. The highest BCUT2D eigenvalue weighted by Gasteiger charge is 2.14. The molecule has 0 radical (unpaired) electrons. The molecule has 0 saturated heterocycles. The van der Waals surface area contributed by atoms with Gasteiger partial charge in [-0.2, -0.15) is 4.98 Å². The molecule has 1 N–H and O–H groups in total. The lowest BCUT2D eigenvalue weighted by Crippen LogP contribution is -1.89. The fraction of sp³-hybridized carbons (Fsp3) is 0.167. The van der Waals surface area contributed by atoms with E-state index in [2.05, 4.69) is 20.1 Å². The molecule has 4 rings (SSSR count). The van der Waals surface area contributed by atoms with Crippen molar-refractivity contribution in [3.63, 3.8) is 0 Å². The van der Waals surface area contributed by atoms with Crippen LogP contribution in [0.1, 0.15) is 5.89 Å². The van der Waals surface area contributed by atoms with Gasteiger partial charge in [0.15, 0.2) is 5.16 Å². The van der Waals surface area contributed by atoms with Crippen molar-refractivity contribution < 1.29 is 14.0 Å². The molecule has 2 aromatic carbocycles. The summed E-state index contributed by atoms with van der Waals surface area (Å²) >= 11 is 1.50. The molecule has 26 heavy (non-hydrogen) atoms. The number of methoxy groups -OCH3 is 2. The average Bonchev–Trinajstić information content (AvgIpc) is 3.32. The number of hydrogen-bond acceptors (Lipinski definition) is 7. The third-order valence-electron chi connectivity index (χ3n) is 3.82. The number of ether oxygens (including phenoxy) is 2. The summed E-state index contributed by atoms with van der Waals surface area (Å²) in [5, 5.41) is 4.83. The van der Waals surface area contributed by atoms with Crippen LogP contribution in [0.25, 0.3) is 22.4 Å². The second kappa shape index (κ2) is 7.09. The van der Waals surface area contributed by atoms with Gasteiger partial charge in [0.05, 0.1) is 36.6 Å². The van der Waals surface area contributed by atoms with Gasteiger partial charge >= 0.3 is 0 Å². The molecule has 0 aliphatic heterocycles. The summed E-state index contributed by atoms with van der Waals surface area (Å²) in [6.45, 7) is 0. The molecule has 2 heterocycles. The first-order chi connectivity index (χ1) is 12.8. The smallest absolute Gasteiger partial charge is 0.237 e. The first-order valence-corrected chi connectivity index (χ1v) is 8.88. The zero-order valence-electron chi connectivity index (χ0n) is 14.2. The van der Waals surface area contributed by atoms with E-state index in [-0.39, 0.29) is 0 Å². The maximum absolute atomic E-state index is 5.35. The van der Waals surface area contributed by atoms with E-state index in [4.69, 9.17) is 14.0 Å². The summed E-state index contributed by atoms with van der Waals surface area (Å²) in [7, 11) is 3.26. The number of H-pyrrole nitrogens is 1. The molecule has 0 aliphatic rings. The molecule has 0 bridgehead atoms. The lowest BCUT2D eigenvalue weighted by atomic mass is 10.2. The summed E-state index contributed by atoms with van der Waals surface area (Å²) in [6, 6.07) is 13.3. The Labute approximate surface area is 153 Å². The van der Waals surface area contributed by atoms with Crippen molar-refractivity contribution in [2.24, 2.45) is 0 Å². The van der Waals surface area contributed by atoms with Gasteiger partial charge in [-0.05, 0) is 24.3 Å². The summed E-state index contributed by atoms with van der Waals surface area (Å²) in [5.41, 5.74) is 2.60. The zero-order chi connectivity index (χ0) is 17.9. The highest BCUT2D eigenvalue weighted by molar-refractivity contribution is 7.98. The van der Waals surface area contributed by atoms with Crippen molar-refractivity contribution in [2.45, 2.75) is 10.9 Å². The van der Waals surface area contributed by atoms with Gasteiger partial charge < -0.3 is 19.0 Å². The SMILES string of the molecule is COc1ccc2nc(SCc3nc(-c4ccccc4OC)no3)[nH]c2c1. The molecule has 0 fully saturated rings. The van der Waals surface area contributed by atoms with Crippen LogP contribution in [0.15, 0.2) is 52.1 Å². The first-order valence-electron chi connectivity index (χ1n) is 7.89. The maximum atomic E-state index is 5.35. The van der Waals surface area contributed by atoms with E-state index in [1.165, 1.54) is 11.8 Å². The zero-order valence-corrected chi connectivity index (χ0v) is 15.0. The van der Waals surface area contributed by atoms with Crippen LogP contribution in [-0.4, -0.2) is 34.3 Å². The van der Waals surface area contributed by atoms with E-state index < -0.39 is 0 Å². The number of thioether (sulfide) groups is 1. The van der Waals surface area contributed by atoms with E-state index in [1.807, 2.05) is 42.5 Å². The number of aromatic nitrogens is 4. The molecule has 0 atom stereocenters. The van der Waals surface area contributed by atoms with Crippen LogP contribution in [0.2, 0.25) is 0 Å². The molecule has 0 unspecified atom stereocenters. The largest absolute Gasteiger partial charge is 0.497 e. The van der Waals surface area contributed by atoms with Crippen molar-refractivity contribution in [1.29, 1.82) is 0 Å². The Morgan fingerprint density at radius 1 is 1.08 bits per heavy atom. The van der Waals surface area contributed by atoms with Gasteiger partial charge in [-0.25, -0.2) is 4.98 Å². The minimum Gasteiger partial charge on any atom is -0.497 e. The van der Waals surface area contributed by atoms with Crippen LogP contribution >= 0.6 is 11.8 Å². The topological polar surface area (TPSA) is 86.1 Å². The fourth-order valence-corrected chi connectivity index (χ4v) is 3.27. The predicted octanol–water partition coefficient (Wildman–Crippen LogP) is 3.92. The summed E-state index contributed by atoms with van der Waals surface area (Å²) in [5.74, 6) is 3.04. The Morgan fingerprint density at radius 3 is 2.81 bits per heavy atom. The van der Waals surface area contributed by atoms with Crippen LogP contribution in [0, 0.1) is 0 Å². The first kappa shape index (κ1) is 16.5. The van der Waals surface area contributed by atoms with Crippen molar-refractivity contribution in [3.05, 3.63) is 48.4 Å². The highest BCUT2D eigenvalue weighted by atomic mass is 32.2. The van der Waals surface area contributed by atoms with E-state index in [9.17, 15) is 0 Å². The Hall–Kier alpha value is -3.00. The van der Waals surface area contributed by atoms with E-state index in [0.29, 0.717) is 23.2 Å². The number of nitrogens with zero attached hydrogens (tertiary/aromatic N) is 3. The molecule has 8 heteroatoms. The molecule has 0 amide bonds. The predicted molar refractivity (Wildman–Crippen MR) is 98.5 cm³/mol. The molecular weight excluding hydrogens is 352 g/mol. The average molecular weight is 368 g/mol. The van der Waals surface area contributed by atoms with Gasteiger partial charge in [0, 0.05) is 6.07 Å². The Morgan fingerprint density at radius 2 is 1.96 bits per heavy atom. The summed E-state index contributed by atoms with van der Waals surface area (Å²) in [4.78, 5) is 12.2. The van der Waals surface area contributed by atoms with Gasteiger partial charge in [0.25, 0.3) is 0 Å². The van der Waals surface area contributed by atoms with E-state index in [1.54, 1.807) is 14.2 Å². The number of fused-ring (bicyclic) bond motifs is 1. The Bertz CT molecular complexity index is 1040. The van der Waals surface area contributed by atoms with Crippen LogP contribution in [0.3, 0.4) is 0 Å². The van der Waals surface area contributed by atoms with Crippen LogP contribution < -0.4 is 9.47 Å². The Kier molecular flexibility index (Phi) is 4.49. The van der Waals surface area contributed by atoms with Gasteiger partial charge in [0.1, 0.15) is 11.5 Å². The number of para-hydroxylation sites is 1. The van der Waals surface area contributed by atoms with Gasteiger partial charge in [-0.3, -0.25) is 0 Å². The minimum absolute atomic E-state index is 0.507. The second-order valence-electron chi connectivity index (χ2n) is 5.43. The van der Waals surface area contributed by atoms with Gasteiger partial charge in [-0.1, -0.05) is 29.1 Å². The third-order valence-corrected chi connectivity index (χ3v) is 4.67. The van der Waals surface area contributed by atoms with Crippen LogP contribution in [-0.2, 0) is 5.75 Å². The molecule has 0 spiro atoms. The monoisotopic (exact) mass is 368 g/mol. The quantitative estimate of drug-likeness (QED) is 0.516. The van der Waals surface area contributed by atoms with E-state index >= 15 is 0 Å². The van der Waals surface area contributed by atoms with Crippen molar-refractivity contribution >= 4 is 22.8 Å². The Balaban J connectivity index is 1.49. The molecule has 0 aliphatic carbocycles. The number of nitrogens with one attached hydrogen (secondary N) is 1. The molecule has 2 aromatic heterocycles. The van der Waals surface area contributed by atoms with Gasteiger partial charge in [0.2, 0.25) is 11.7 Å². The van der Waals surface area contributed by atoms with Crippen LogP contribution in [0.4, 0.5) is 0 Å². The molecule has 4 aromatic rings. The maximum Gasteiger partial charge on any atom is 0.237 e. The van der Waals surface area contributed by atoms with Crippen molar-refractivity contribution in [3.8, 4) is 22.9 Å². The molecular formula is C18H16N4O3S. The third kappa shape index (κ3) is 3.23. The normalized spacial score (nSPS) is 11.0. The van der Waals surface area contributed by atoms with E-state index in [0.717, 1.165) is 27.5 Å². The minimum atomic E-state index is 0.507. The lowest BCUT2D eigenvalue weighted by Gasteiger charge is -2.02.